The molecular formula is C34H20O12. The van der Waals surface area contributed by atoms with Crippen LogP contribution in [0, 0.1) is 0 Å². The molecule has 0 atom stereocenters. The first-order valence-corrected chi connectivity index (χ1v) is 14.1. The quantitative estimate of drug-likeness (QED) is 0.0949. The SMILES string of the molecule is O=C(O)CCc1cc(=O)c2c(O)c3c(O)cc(O)c4c5c(O)cc(O)c6c(O)c7c(=O)cc(CCC(=O)O)c8c1c2c(c34)c(c65)c78. The zero-order chi connectivity index (χ0) is 32.7. The molecule has 0 saturated heterocycles. The van der Waals surface area contributed by atoms with Crippen molar-refractivity contribution in [3.05, 3.63) is 55.8 Å². The lowest BCUT2D eigenvalue weighted by atomic mass is 9.77. The van der Waals surface area contributed by atoms with E-state index >= 15 is 0 Å². The summed E-state index contributed by atoms with van der Waals surface area (Å²) in [5, 5.41) is 86.5. The molecule has 0 aromatic heterocycles. The number of phenolic OH excluding ortho intramolecular Hbond substituents is 6. The Morgan fingerprint density at radius 3 is 1.07 bits per heavy atom. The fraction of sp³-hybridized carbons (Fsp3) is 0.118. The van der Waals surface area contributed by atoms with Gasteiger partial charge in [0.05, 0.1) is 21.5 Å². The highest BCUT2D eigenvalue weighted by Gasteiger charge is 2.34. The molecule has 0 aliphatic carbocycles. The Kier molecular flexibility index (Phi) is 5.13. The second-order valence-corrected chi connectivity index (χ2v) is 11.6. The Balaban J connectivity index is 1.87. The summed E-state index contributed by atoms with van der Waals surface area (Å²) in [5.41, 5.74) is -1.05. The number of hydrogen-bond acceptors (Lipinski definition) is 10. The number of carbonyl (C=O) groups is 2. The van der Waals surface area contributed by atoms with E-state index in [2.05, 4.69) is 0 Å². The predicted molar refractivity (Wildman–Crippen MR) is 168 cm³/mol. The molecular weight excluding hydrogens is 600 g/mol. The molecule has 0 spiro atoms. The van der Waals surface area contributed by atoms with Crippen LogP contribution in [0.1, 0.15) is 24.0 Å². The van der Waals surface area contributed by atoms with Crippen molar-refractivity contribution in [2.75, 3.05) is 0 Å². The van der Waals surface area contributed by atoms with Gasteiger partial charge in [-0.3, -0.25) is 19.2 Å². The molecule has 0 saturated carbocycles. The average Bonchev–Trinajstić information content (AvgIpc) is 2.97. The van der Waals surface area contributed by atoms with Crippen LogP contribution in [0.3, 0.4) is 0 Å². The number of aromatic hydroxyl groups is 6. The smallest absolute Gasteiger partial charge is 0.303 e. The first kappa shape index (κ1) is 27.3. The van der Waals surface area contributed by atoms with Crippen molar-refractivity contribution >= 4 is 87.3 Å². The minimum absolute atomic E-state index is 0.00523. The molecule has 8 aromatic carbocycles. The van der Waals surface area contributed by atoms with Gasteiger partial charge in [0.15, 0.2) is 10.9 Å². The normalized spacial score (nSPS) is 12.4. The van der Waals surface area contributed by atoms with Crippen LogP contribution in [0.4, 0.5) is 0 Å². The Morgan fingerprint density at radius 2 is 0.717 bits per heavy atom. The van der Waals surface area contributed by atoms with Gasteiger partial charge >= 0.3 is 11.9 Å². The van der Waals surface area contributed by atoms with Crippen LogP contribution in [-0.2, 0) is 22.4 Å². The predicted octanol–water partition coefficient (Wildman–Crippen LogP) is 4.50. The van der Waals surface area contributed by atoms with E-state index in [9.17, 15) is 60.0 Å². The van der Waals surface area contributed by atoms with Crippen LogP contribution in [-0.4, -0.2) is 52.8 Å². The van der Waals surface area contributed by atoms with Gasteiger partial charge < -0.3 is 40.9 Å². The van der Waals surface area contributed by atoms with Crippen molar-refractivity contribution < 1.29 is 50.4 Å². The summed E-state index contributed by atoms with van der Waals surface area (Å²) >= 11 is 0. The molecule has 0 aliphatic rings. The second-order valence-electron chi connectivity index (χ2n) is 11.6. The van der Waals surface area contributed by atoms with Crippen LogP contribution >= 0.6 is 0 Å². The molecule has 0 heterocycles. The lowest BCUT2D eigenvalue weighted by Gasteiger charge is -2.26. The van der Waals surface area contributed by atoms with Gasteiger partial charge in [-0.15, -0.1) is 0 Å². The number of aryl methyl sites for hydroxylation is 2. The number of hydrogen-bond donors (Lipinski definition) is 8. The summed E-state index contributed by atoms with van der Waals surface area (Å²) in [4.78, 5) is 51.0. The molecule has 0 amide bonds. The Morgan fingerprint density at radius 1 is 0.413 bits per heavy atom. The standard InChI is InChI=1S/C34H20O12/c35-11-5-9(1-3-17(41)42)19-20-10(2-4-18(43)44)6-12(36)24-28(20)32-30-22(14(38)8-16(40)26(30)34(24)46)21-13(37)7-15(39)25-29(21)31(32)27(19)23(11)33(25)45/h5-8,37-40,45-46H,1-4H2,(H,41,42)(H,43,44). The van der Waals surface area contributed by atoms with Gasteiger partial charge in [-0.05, 0) is 46.9 Å². The molecule has 46 heavy (non-hydrogen) atoms. The van der Waals surface area contributed by atoms with Gasteiger partial charge in [-0.25, -0.2) is 0 Å². The molecule has 0 unspecified atom stereocenters. The Bertz CT molecular complexity index is 2610. The Labute approximate surface area is 253 Å². The zero-order valence-corrected chi connectivity index (χ0v) is 23.3. The third-order valence-electron chi connectivity index (χ3n) is 9.23. The molecule has 8 N–H and O–H groups in total. The maximum Gasteiger partial charge on any atom is 0.303 e. The second kappa shape index (κ2) is 8.66. The van der Waals surface area contributed by atoms with E-state index < -0.39 is 70.1 Å². The van der Waals surface area contributed by atoms with E-state index in [1.807, 2.05) is 0 Å². The molecule has 8 aromatic rings. The van der Waals surface area contributed by atoms with E-state index in [0.717, 1.165) is 24.3 Å². The number of carboxylic acids is 2. The van der Waals surface area contributed by atoms with E-state index in [1.54, 1.807) is 0 Å². The van der Waals surface area contributed by atoms with Crippen LogP contribution in [0.15, 0.2) is 33.9 Å². The summed E-state index contributed by atoms with van der Waals surface area (Å²) < 4.78 is 0. The third kappa shape index (κ3) is 3.11. The zero-order valence-electron chi connectivity index (χ0n) is 23.3. The molecule has 0 bridgehead atoms. The number of aliphatic carboxylic acids is 2. The molecule has 0 fully saturated rings. The van der Waals surface area contributed by atoms with Crippen molar-refractivity contribution in [2.24, 2.45) is 0 Å². The average molecular weight is 621 g/mol. The topological polar surface area (TPSA) is 230 Å². The van der Waals surface area contributed by atoms with E-state index in [1.165, 1.54) is 0 Å². The van der Waals surface area contributed by atoms with Crippen molar-refractivity contribution in [2.45, 2.75) is 25.7 Å². The van der Waals surface area contributed by atoms with Crippen LogP contribution < -0.4 is 10.9 Å². The lowest BCUT2D eigenvalue weighted by Crippen LogP contribution is -2.11. The van der Waals surface area contributed by atoms with E-state index in [-0.39, 0.29) is 99.4 Å². The van der Waals surface area contributed by atoms with Gasteiger partial charge in [0.1, 0.15) is 34.5 Å². The number of benzene rings is 8. The summed E-state index contributed by atoms with van der Waals surface area (Å²) in [6.45, 7) is 0. The molecule has 0 aliphatic heterocycles. The highest BCUT2D eigenvalue weighted by Crippen LogP contribution is 2.60. The highest BCUT2D eigenvalue weighted by atomic mass is 16.4. The van der Waals surface area contributed by atoms with Crippen LogP contribution in [0.5, 0.6) is 34.5 Å². The number of carboxylic acid groups (broad SMARTS) is 2. The van der Waals surface area contributed by atoms with Crippen molar-refractivity contribution in [1.29, 1.82) is 0 Å². The number of rotatable bonds is 6. The summed E-state index contributed by atoms with van der Waals surface area (Å²) in [6, 6.07) is 4.13. The monoisotopic (exact) mass is 620 g/mol. The Hall–Kier alpha value is -6.30. The minimum Gasteiger partial charge on any atom is -0.507 e. The van der Waals surface area contributed by atoms with Gasteiger partial charge in [-0.2, -0.15) is 0 Å². The first-order valence-electron chi connectivity index (χ1n) is 14.1. The minimum atomic E-state index is -1.18. The maximum atomic E-state index is 13.8. The molecule has 12 heteroatoms. The van der Waals surface area contributed by atoms with Crippen molar-refractivity contribution in [1.82, 2.24) is 0 Å². The van der Waals surface area contributed by atoms with Crippen molar-refractivity contribution in [3.8, 4) is 34.5 Å². The van der Waals surface area contributed by atoms with Crippen LogP contribution in [0.2, 0.25) is 0 Å². The van der Waals surface area contributed by atoms with Gasteiger partial charge in [0, 0.05) is 68.1 Å². The lowest BCUT2D eigenvalue weighted by molar-refractivity contribution is -0.138. The van der Waals surface area contributed by atoms with E-state index in [4.69, 9.17) is 0 Å². The molecule has 8 rings (SSSR count). The van der Waals surface area contributed by atoms with Gasteiger partial charge in [0.25, 0.3) is 0 Å². The summed E-state index contributed by atoms with van der Waals surface area (Å²) in [5.74, 6) is -6.00. The largest absolute Gasteiger partial charge is 0.507 e. The molecule has 12 nitrogen and oxygen atoms in total. The third-order valence-corrected chi connectivity index (χ3v) is 9.23. The van der Waals surface area contributed by atoms with Crippen molar-refractivity contribution in [3.63, 3.8) is 0 Å². The number of phenols is 6. The summed E-state index contributed by atoms with van der Waals surface area (Å²) in [7, 11) is 0. The fourth-order valence-electron chi connectivity index (χ4n) is 7.64. The number of fused-ring (bicyclic) bond motifs is 2. The van der Waals surface area contributed by atoms with Gasteiger partial charge in [0.2, 0.25) is 0 Å². The summed E-state index contributed by atoms with van der Waals surface area (Å²) in [6.07, 6.45) is -1.22. The maximum absolute atomic E-state index is 13.8. The molecule has 228 valence electrons. The van der Waals surface area contributed by atoms with E-state index in [0.29, 0.717) is 0 Å². The van der Waals surface area contributed by atoms with Crippen LogP contribution in [0.25, 0.3) is 75.4 Å². The van der Waals surface area contributed by atoms with Gasteiger partial charge in [-0.1, -0.05) is 0 Å². The highest BCUT2D eigenvalue weighted by molar-refractivity contribution is 6.52. The molecule has 0 radical (unpaired) electrons. The first-order chi connectivity index (χ1) is 21.8. The fourth-order valence-corrected chi connectivity index (χ4v) is 7.64.